The Labute approximate surface area is 160 Å². The fourth-order valence-corrected chi connectivity index (χ4v) is 3.16. The summed E-state index contributed by atoms with van der Waals surface area (Å²) in [7, 11) is 7.26. The van der Waals surface area contributed by atoms with Crippen LogP contribution in [0.1, 0.15) is 24.0 Å². The van der Waals surface area contributed by atoms with Crippen molar-refractivity contribution in [2.45, 2.75) is 12.8 Å². The average Bonchev–Trinajstić information content (AvgIpc) is 3.01. The predicted octanol–water partition coefficient (Wildman–Crippen LogP) is 4.60. The van der Waals surface area contributed by atoms with Crippen LogP contribution in [0.5, 0.6) is 11.5 Å². The number of hydrogen-bond donors (Lipinski definition) is 0. The Morgan fingerprint density at radius 2 is 1.33 bits per heavy atom. The zero-order valence-corrected chi connectivity index (χ0v) is 16.3. The fourth-order valence-electron chi connectivity index (χ4n) is 3.16. The maximum Gasteiger partial charge on any atom is 0.185 e. The first kappa shape index (κ1) is 18.8. The molecule has 140 valence electrons. The first-order chi connectivity index (χ1) is 13.0. The van der Waals surface area contributed by atoms with E-state index in [1.807, 2.05) is 56.6 Å². The second-order valence-corrected chi connectivity index (χ2v) is 6.80. The molecular formula is C23H25NO3. The molecule has 27 heavy (non-hydrogen) atoms. The monoisotopic (exact) mass is 363 g/mol. The number of carbonyl (C=O) groups excluding carboxylic acids is 1. The SMILES string of the molecule is COc1cc(C=C2CCC(=Cc3ccc(N(C)C)cc3)C2=O)cc(OC)c1. The Kier molecular flexibility index (Phi) is 5.65. The van der Waals surface area contributed by atoms with Gasteiger partial charge in [0.05, 0.1) is 14.2 Å². The van der Waals surface area contributed by atoms with Gasteiger partial charge in [-0.15, -0.1) is 0 Å². The Bertz CT molecular complexity index is 870. The third-order valence-electron chi connectivity index (χ3n) is 4.71. The molecule has 0 saturated heterocycles. The summed E-state index contributed by atoms with van der Waals surface area (Å²) in [5.74, 6) is 1.54. The molecule has 0 unspecified atom stereocenters. The summed E-state index contributed by atoms with van der Waals surface area (Å²) in [5, 5.41) is 0. The maximum absolute atomic E-state index is 12.8. The minimum Gasteiger partial charge on any atom is -0.497 e. The molecule has 1 fully saturated rings. The van der Waals surface area contributed by atoms with Gasteiger partial charge in [-0.25, -0.2) is 0 Å². The molecule has 4 heteroatoms. The van der Waals surface area contributed by atoms with Gasteiger partial charge in [0.2, 0.25) is 0 Å². The number of Topliss-reactive ketones (excluding diaryl/α,β-unsaturated/α-hetero) is 1. The first-order valence-electron chi connectivity index (χ1n) is 8.96. The lowest BCUT2D eigenvalue weighted by Crippen LogP contribution is -2.07. The molecular weight excluding hydrogens is 338 g/mol. The van der Waals surface area contributed by atoms with Gasteiger partial charge in [-0.2, -0.15) is 0 Å². The van der Waals surface area contributed by atoms with Gasteiger partial charge in [0.25, 0.3) is 0 Å². The van der Waals surface area contributed by atoms with Crippen LogP contribution in [0, 0.1) is 0 Å². The quantitative estimate of drug-likeness (QED) is 0.728. The zero-order chi connectivity index (χ0) is 19.4. The van der Waals surface area contributed by atoms with Crippen molar-refractivity contribution >= 4 is 23.6 Å². The van der Waals surface area contributed by atoms with Gasteiger partial charge in [0.15, 0.2) is 5.78 Å². The topological polar surface area (TPSA) is 38.8 Å². The largest absolute Gasteiger partial charge is 0.497 e. The van der Waals surface area contributed by atoms with Gasteiger partial charge in [-0.1, -0.05) is 12.1 Å². The van der Waals surface area contributed by atoms with Gasteiger partial charge >= 0.3 is 0 Å². The van der Waals surface area contributed by atoms with E-state index in [4.69, 9.17) is 9.47 Å². The lowest BCUT2D eigenvalue weighted by Gasteiger charge is -2.11. The fraction of sp³-hybridized carbons (Fsp3) is 0.261. The number of ketones is 1. The number of rotatable bonds is 5. The molecule has 0 aromatic heterocycles. The molecule has 0 spiro atoms. The number of methoxy groups -OCH3 is 2. The van der Waals surface area contributed by atoms with Crippen LogP contribution in [-0.4, -0.2) is 34.1 Å². The summed E-state index contributed by atoms with van der Waals surface area (Å²) in [6, 6.07) is 13.8. The van der Waals surface area contributed by atoms with Crippen molar-refractivity contribution in [3.63, 3.8) is 0 Å². The number of nitrogens with zero attached hydrogens (tertiary/aromatic N) is 1. The number of ether oxygens (including phenoxy) is 2. The molecule has 1 saturated carbocycles. The summed E-state index contributed by atoms with van der Waals surface area (Å²) in [4.78, 5) is 14.8. The normalized spacial score (nSPS) is 16.8. The van der Waals surface area contributed by atoms with E-state index < -0.39 is 0 Å². The van der Waals surface area contributed by atoms with E-state index in [0.29, 0.717) is 11.5 Å². The molecule has 0 amide bonds. The van der Waals surface area contributed by atoms with Crippen LogP contribution < -0.4 is 14.4 Å². The number of hydrogen-bond acceptors (Lipinski definition) is 4. The highest BCUT2D eigenvalue weighted by atomic mass is 16.5. The Balaban J connectivity index is 1.83. The minimum absolute atomic E-state index is 0.119. The van der Waals surface area contributed by atoms with E-state index in [0.717, 1.165) is 40.8 Å². The lowest BCUT2D eigenvalue weighted by atomic mass is 10.1. The van der Waals surface area contributed by atoms with Crippen LogP contribution in [0.3, 0.4) is 0 Å². The standard InChI is InChI=1S/C23H25NO3/c1-24(2)20-9-5-16(6-10-20)11-18-7-8-19(23(18)25)12-17-13-21(26-3)15-22(14-17)27-4/h5-6,9-15H,7-8H2,1-4H3. The van der Waals surface area contributed by atoms with Crippen molar-refractivity contribution < 1.29 is 14.3 Å². The van der Waals surface area contributed by atoms with Crippen LogP contribution in [0.15, 0.2) is 53.6 Å². The number of allylic oxidation sites excluding steroid dienone is 2. The third-order valence-corrected chi connectivity index (χ3v) is 4.71. The molecule has 2 aromatic rings. The van der Waals surface area contributed by atoms with Crippen molar-refractivity contribution in [1.29, 1.82) is 0 Å². The summed E-state index contributed by atoms with van der Waals surface area (Å²) < 4.78 is 10.6. The van der Waals surface area contributed by atoms with Crippen LogP contribution in [0.25, 0.3) is 12.2 Å². The average molecular weight is 363 g/mol. The van der Waals surface area contributed by atoms with Crippen molar-refractivity contribution in [3.8, 4) is 11.5 Å². The van der Waals surface area contributed by atoms with Crippen molar-refractivity contribution in [1.82, 2.24) is 0 Å². The van der Waals surface area contributed by atoms with E-state index in [1.54, 1.807) is 14.2 Å². The Morgan fingerprint density at radius 3 is 1.81 bits per heavy atom. The van der Waals surface area contributed by atoms with Crippen LogP contribution >= 0.6 is 0 Å². The Hall–Kier alpha value is -3.01. The molecule has 0 atom stereocenters. The second kappa shape index (κ2) is 8.12. The van der Waals surface area contributed by atoms with Crippen molar-refractivity contribution in [2.24, 2.45) is 0 Å². The van der Waals surface area contributed by atoms with Gasteiger partial charge in [-0.05, 0) is 60.4 Å². The van der Waals surface area contributed by atoms with Gasteiger partial charge < -0.3 is 14.4 Å². The molecule has 2 aromatic carbocycles. The van der Waals surface area contributed by atoms with Crippen LogP contribution in [-0.2, 0) is 4.79 Å². The minimum atomic E-state index is 0.119. The highest BCUT2D eigenvalue weighted by Crippen LogP contribution is 2.31. The summed E-state index contributed by atoms with van der Waals surface area (Å²) in [6.45, 7) is 0. The molecule has 1 aliphatic carbocycles. The molecule has 0 radical (unpaired) electrons. The van der Waals surface area contributed by atoms with E-state index in [2.05, 4.69) is 17.0 Å². The second-order valence-electron chi connectivity index (χ2n) is 6.80. The summed E-state index contributed by atoms with van der Waals surface area (Å²) >= 11 is 0. The number of carbonyl (C=O) groups is 1. The number of benzene rings is 2. The van der Waals surface area contributed by atoms with E-state index in [-0.39, 0.29) is 5.78 Å². The van der Waals surface area contributed by atoms with Crippen molar-refractivity contribution in [3.05, 3.63) is 64.7 Å². The third kappa shape index (κ3) is 4.40. The smallest absolute Gasteiger partial charge is 0.185 e. The summed E-state index contributed by atoms with van der Waals surface area (Å²) in [5.41, 5.74) is 4.78. The van der Waals surface area contributed by atoms with E-state index in [9.17, 15) is 4.79 Å². The van der Waals surface area contributed by atoms with Gasteiger partial charge in [0.1, 0.15) is 11.5 Å². The highest BCUT2D eigenvalue weighted by molar-refractivity contribution is 6.15. The Morgan fingerprint density at radius 1 is 0.815 bits per heavy atom. The van der Waals surface area contributed by atoms with E-state index >= 15 is 0 Å². The summed E-state index contributed by atoms with van der Waals surface area (Å²) in [6.07, 6.45) is 5.44. The van der Waals surface area contributed by atoms with Crippen LogP contribution in [0.2, 0.25) is 0 Å². The van der Waals surface area contributed by atoms with Gasteiger partial charge in [-0.3, -0.25) is 4.79 Å². The zero-order valence-electron chi connectivity index (χ0n) is 16.3. The molecule has 0 bridgehead atoms. The molecule has 4 nitrogen and oxygen atoms in total. The maximum atomic E-state index is 12.8. The molecule has 0 N–H and O–H groups in total. The number of anilines is 1. The molecule has 0 heterocycles. The molecule has 0 aliphatic heterocycles. The predicted molar refractivity (Wildman–Crippen MR) is 111 cm³/mol. The molecule has 3 rings (SSSR count). The lowest BCUT2D eigenvalue weighted by molar-refractivity contribution is -0.111. The highest BCUT2D eigenvalue weighted by Gasteiger charge is 2.23. The first-order valence-corrected chi connectivity index (χ1v) is 8.96. The van der Waals surface area contributed by atoms with Gasteiger partial charge in [0, 0.05) is 37.0 Å². The van der Waals surface area contributed by atoms with Crippen molar-refractivity contribution in [2.75, 3.05) is 33.2 Å². The van der Waals surface area contributed by atoms with E-state index in [1.165, 1.54) is 0 Å². The molecule has 1 aliphatic rings. The van der Waals surface area contributed by atoms with Crippen LogP contribution in [0.4, 0.5) is 5.69 Å².